The van der Waals surface area contributed by atoms with Gasteiger partial charge in [-0.3, -0.25) is 4.79 Å². The maximum absolute atomic E-state index is 13.3. The SMILES string of the molecule is O=C(/C=C1\CCCc2ccc(F)cc21)N1CCC1. The molecule has 2 nitrogen and oxygen atoms in total. The lowest BCUT2D eigenvalue weighted by Gasteiger charge is -2.30. The molecule has 0 unspecified atom stereocenters. The summed E-state index contributed by atoms with van der Waals surface area (Å²) in [6.45, 7) is 1.72. The van der Waals surface area contributed by atoms with Gasteiger partial charge in [-0.1, -0.05) is 6.07 Å². The van der Waals surface area contributed by atoms with Gasteiger partial charge in [0.1, 0.15) is 5.82 Å². The quantitative estimate of drug-likeness (QED) is 0.697. The van der Waals surface area contributed by atoms with Crippen LogP contribution in [-0.4, -0.2) is 23.9 Å². The van der Waals surface area contributed by atoms with Crippen LogP contribution in [0.5, 0.6) is 0 Å². The Morgan fingerprint density at radius 3 is 2.78 bits per heavy atom. The van der Waals surface area contributed by atoms with E-state index >= 15 is 0 Å². The second-order valence-corrected chi connectivity index (χ2v) is 5.00. The molecule has 0 N–H and O–H groups in total. The van der Waals surface area contributed by atoms with Crippen LogP contribution in [0.25, 0.3) is 5.57 Å². The molecule has 0 aromatic heterocycles. The highest BCUT2D eigenvalue weighted by Gasteiger charge is 2.21. The number of benzene rings is 1. The second-order valence-electron chi connectivity index (χ2n) is 5.00. The number of carbonyl (C=O) groups is 1. The van der Waals surface area contributed by atoms with Crippen LogP contribution in [0.15, 0.2) is 24.3 Å². The van der Waals surface area contributed by atoms with Gasteiger partial charge in [0.2, 0.25) is 5.91 Å². The molecular formula is C15H16FNO. The lowest BCUT2D eigenvalue weighted by molar-refractivity contribution is -0.129. The minimum Gasteiger partial charge on any atom is -0.339 e. The van der Waals surface area contributed by atoms with Gasteiger partial charge in [0, 0.05) is 19.2 Å². The number of hydrogen-bond donors (Lipinski definition) is 0. The van der Waals surface area contributed by atoms with Crippen molar-refractivity contribution in [2.24, 2.45) is 0 Å². The highest BCUT2D eigenvalue weighted by Crippen LogP contribution is 2.31. The van der Waals surface area contributed by atoms with Crippen LogP contribution < -0.4 is 0 Å². The molecule has 94 valence electrons. The molecule has 0 saturated carbocycles. The third-order valence-electron chi connectivity index (χ3n) is 3.78. The standard InChI is InChI=1S/C15H16FNO/c16-13-6-5-11-3-1-4-12(14(11)10-13)9-15(18)17-7-2-8-17/h5-6,9-10H,1-4,7-8H2/b12-9+. The van der Waals surface area contributed by atoms with Crippen molar-refractivity contribution >= 4 is 11.5 Å². The van der Waals surface area contributed by atoms with Crippen molar-refractivity contribution < 1.29 is 9.18 Å². The Morgan fingerprint density at radius 2 is 2.06 bits per heavy atom. The molecule has 1 saturated heterocycles. The van der Waals surface area contributed by atoms with Gasteiger partial charge in [-0.15, -0.1) is 0 Å². The number of halogens is 1. The first kappa shape index (κ1) is 11.5. The first-order chi connectivity index (χ1) is 8.74. The number of allylic oxidation sites excluding steroid dienone is 1. The zero-order valence-electron chi connectivity index (χ0n) is 10.3. The molecule has 3 heteroatoms. The fourth-order valence-corrected chi connectivity index (χ4v) is 2.60. The summed E-state index contributed by atoms with van der Waals surface area (Å²) >= 11 is 0. The highest BCUT2D eigenvalue weighted by atomic mass is 19.1. The van der Waals surface area contributed by atoms with E-state index in [0.717, 1.165) is 55.5 Å². The third-order valence-corrected chi connectivity index (χ3v) is 3.78. The number of nitrogens with zero attached hydrogens (tertiary/aromatic N) is 1. The first-order valence-electron chi connectivity index (χ1n) is 6.52. The minimum absolute atomic E-state index is 0.0772. The van der Waals surface area contributed by atoms with Crippen molar-refractivity contribution in [3.63, 3.8) is 0 Å². The summed E-state index contributed by atoms with van der Waals surface area (Å²) in [7, 11) is 0. The summed E-state index contributed by atoms with van der Waals surface area (Å²) in [5.41, 5.74) is 3.08. The maximum Gasteiger partial charge on any atom is 0.246 e. The van der Waals surface area contributed by atoms with Crippen molar-refractivity contribution in [3.8, 4) is 0 Å². The molecule has 3 rings (SSSR count). The zero-order chi connectivity index (χ0) is 12.5. The Hall–Kier alpha value is -1.64. The maximum atomic E-state index is 13.3. The molecule has 0 spiro atoms. The number of hydrogen-bond acceptors (Lipinski definition) is 1. The topological polar surface area (TPSA) is 20.3 Å². The number of rotatable bonds is 1. The molecule has 1 aromatic carbocycles. The number of aryl methyl sites for hydroxylation is 1. The fourth-order valence-electron chi connectivity index (χ4n) is 2.60. The lowest BCUT2D eigenvalue weighted by atomic mass is 9.87. The monoisotopic (exact) mass is 245 g/mol. The predicted molar refractivity (Wildman–Crippen MR) is 68.5 cm³/mol. The van der Waals surface area contributed by atoms with Crippen LogP contribution >= 0.6 is 0 Å². The molecule has 1 amide bonds. The van der Waals surface area contributed by atoms with Gasteiger partial charge < -0.3 is 4.90 Å². The molecule has 2 aliphatic rings. The average molecular weight is 245 g/mol. The van der Waals surface area contributed by atoms with Crippen LogP contribution in [0.2, 0.25) is 0 Å². The summed E-state index contributed by atoms with van der Waals surface area (Å²) in [6.07, 6.45) is 5.69. The second kappa shape index (κ2) is 4.56. The Kier molecular flexibility index (Phi) is 2.90. The summed E-state index contributed by atoms with van der Waals surface area (Å²) < 4.78 is 13.3. The van der Waals surface area contributed by atoms with Crippen molar-refractivity contribution in [2.75, 3.05) is 13.1 Å². The van der Waals surface area contributed by atoms with E-state index < -0.39 is 0 Å². The summed E-state index contributed by atoms with van der Waals surface area (Å²) in [5.74, 6) is -0.147. The van der Waals surface area contributed by atoms with Gasteiger partial charge in [0.05, 0.1) is 0 Å². The Balaban J connectivity index is 1.92. The van der Waals surface area contributed by atoms with Gasteiger partial charge in [-0.25, -0.2) is 4.39 Å². The van der Waals surface area contributed by atoms with E-state index in [1.54, 1.807) is 12.1 Å². The Labute approximate surface area is 106 Å². The van der Waals surface area contributed by atoms with Crippen molar-refractivity contribution in [1.82, 2.24) is 4.90 Å². The molecule has 1 aliphatic heterocycles. The van der Waals surface area contributed by atoms with Gasteiger partial charge >= 0.3 is 0 Å². The van der Waals surface area contributed by atoms with Crippen LogP contribution in [0.1, 0.15) is 30.4 Å². The molecular weight excluding hydrogens is 229 g/mol. The van der Waals surface area contributed by atoms with Crippen LogP contribution in [-0.2, 0) is 11.2 Å². The summed E-state index contributed by atoms with van der Waals surface area (Å²) in [4.78, 5) is 13.8. The minimum atomic E-state index is -0.224. The van der Waals surface area contributed by atoms with Crippen molar-refractivity contribution in [2.45, 2.75) is 25.7 Å². The average Bonchev–Trinajstić information content (AvgIpc) is 2.27. The van der Waals surface area contributed by atoms with Crippen molar-refractivity contribution in [3.05, 3.63) is 41.2 Å². The van der Waals surface area contributed by atoms with E-state index in [0.29, 0.717) is 0 Å². The number of carbonyl (C=O) groups excluding carboxylic acids is 1. The fraction of sp³-hybridized carbons (Fsp3) is 0.400. The van der Waals surface area contributed by atoms with E-state index in [-0.39, 0.29) is 11.7 Å². The third kappa shape index (κ3) is 2.05. The van der Waals surface area contributed by atoms with Crippen LogP contribution in [0.4, 0.5) is 4.39 Å². The van der Waals surface area contributed by atoms with E-state index in [2.05, 4.69) is 0 Å². The number of likely N-dealkylation sites (tertiary alicyclic amines) is 1. The number of amides is 1. The Bertz CT molecular complexity index is 517. The molecule has 18 heavy (non-hydrogen) atoms. The summed E-state index contributed by atoms with van der Waals surface area (Å²) in [5, 5.41) is 0. The van der Waals surface area contributed by atoms with Crippen LogP contribution in [0.3, 0.4) is 0 Å². The normalized spacial score (nSPS) is 20.5. The first-order valence-corrected chi connectivity index (χ1v) is 6.52. The van der Waals surface area contributed by atoms with Gasteiger partial charge in [0.25, 0.3) is 0 Å². The van der Waals surface area contributed by atoms with Gasteiger partial charge in [-0.05, 0) is 54.5 Å². The molecule has 1 fully saturated rings. The zero-order valence-corrected chi connectivity index (χ0v) is 10.3. The molecule has 0 radical (unpaired) electrons. The smallest absolute Gasteiger partial charge is 0.246 e. The highest BCUT2D eigenvalue weighted by molar-refractivity contribution is 5.96. The predicted octanol–water partition coefficient (Wildman–Crippen LogP) is 2.78. The largest absolute Gasteiger partial charge is 0.339 e. The molecule has 0 atom stereocenters. The van der Waals surface area contributed by atoms with Gasteiger partial charge in [0.15, 0.2) is 0 Å². The molecule has 1 aliphatic carbocycles. The van der Waals surface area contributed by atoms with E-state index in [1.807, 2.05) is 11.0 Å². The molecule has 1 aromatic rings. The Morgan fingerprint density at radius 1 is 1.22 bits per heavy atom. The molecule has 1 heterocycles. The van der Waals surface area contributed by atoms with E-state index in [9.17, 15) is 9.18 Å². The number of fused-ring (bicyclic) bond motifs is 1. The van der Waals surface area contributed by atoms with E-state index in [1.165, 1.54) is 6.07 Å². The van der Waals surface area contributed by atoms with Crippen LogP contribution in [0, 0.1) is 5.82 Å². The lowest BCUT2D eigenvalue weighted by Crippen LogP contribution is -2.41. The summed E-state index contributed by atoms with van der Waals surface area (Å²) in [6, 6.07) is 4.90. The molecule has 0 bridgehead atoms. The van der Waals surface area contributed by atoms with Crippen molar-refractivity contribution in [1.29, 1.82) is 0 Å². The van der Waals surface area contributed by atoms with E-state index in [4.69, 9.17) is 0 Å². The van der Waals surface area contributed by atoms with Gasteiger partial charge in [-0.2, -0.15) is 0 Å².